The van der Waals surface area contributed by atoms with Crippen molar-refractivity contribution in [1.29, 1.82) is 0 Å². The van der Waals surface area contributed by atoms with Crippen LogP contribution in [0.1, 0.15) is 34.9 Å². The molecule has 0 unspecified atom stereocenters. The van der Waals surface area contributed by atoms with Gasteiger partial charge >= 0.3 is 0 Å². The van der Waals surface area contributed by atoms with E-state index < -0.39 is 0 Å². The summed E-state index contributed by atoms with van der Waals surface area (Å²) in [5.41, 5.74) is 5.80. The van der Waals surface area contributed by atoms with E-state index in [4.69, 9.17) is 17.0 Å². The SMILES string of the molecule is CCN(C)C(=S)Cc1ccc(OCc2cc(C)cc(C)c2)nc1C. The van der Waals surface area contributed by atoms with Crippen molar-refractivity contribution in [2.75, 3.05) is 13.6 Å². The van der Waals surface area contributed by atoms with E-state index >= 15 is 0 Å². The Labute approximate surface area is 150 Å². The van der Waals surface area contributed by atoms with Gasteiger partial charge in [-0.1, -0.05) is 47.6 Å². The fourth-order valence-electron chi connectivity index (χ4n) is 2.62. The summed E-state index contributed by atoms with van der Waals surface area (Å²) >= 11 is 5.46. The average Bonchev–Trinajstić information content (AvgIpc) is 2.53. The number of rotatable bonds is 6. The second-order valence-corrected chi connectivity index (χ2v) is 6.73. The zero-order chi connectivity index (χ0) is 17.7. The summed E-state index contributed by atoms with van der Waals surface area (Å²) in [6.45, 7) is 9.76. The van der Waals surface area contributed by atoms with Gasteiger partial charge in [-0.05, 0) is 38.8 Å². The molecule has 0 atom stereocenters. The van der Waals surface area contributed by atoms with Crippen LogP contribution in [0.2, 0.25) is 0 Å². The molecule has 0 aliphatic carbocycles. The van der Waals surface area contributed by atoms with Gasteiger partial charge in [-0.3, -0.25) is 0 Å². The Morgan fingerprint density at radius 2 is 1.79 bits per heavy atom. The van der Waals surface area contributed by atoms with Gasteiger partial charge in [0.2, 0.25) is 5.88 Å². The average molecular weight is 343 g/mol. The van der Waals surface area contributed by atoms with E-state index in [1.165, 1.54) is 16.7 Å². The number of aromatic nitrogens is 1. The maximum Gasteiger partial charge on any atom is 0.213 e. The van der Waals surface area contributed by atoms with E-state index in [0.29, 0.717) is 12.5 Å². The molecule has 0 bridgehead atoms. The van der Waals surface area contributed by atoms with Crippen LogP contribution in [-0.2, 0) is 13.0 Å². The summed E-state index contributed by atoms with van der Waals surface area (Å²) in [5, 5.41) is 0. The molecule has 0 spiro atoms. The molecular weight excluding hydrogens is 316 g/mol. The maximum atomic E-state index is 5.86. The zero-order valence-corrected chi connectivity index (χ0v) is 16.0. The fraction of sp³-hybridized carbons (Fsp3) is 0.400. The molecule has 0 aliphatic heterocycles. The lowest BCUT2D eigenvalue weighted by Gasteiger charge is -2.18. The molecule has 0 aliphatic rings. The second-order valence-electron chi connectivity index (χ2n) is 6.26. The molecule has 2 aromatic rings. The number of aryl methyl sites for hydroxylation is 3. The van der Waals surface area contributed by atoms with Crippen molar-refractivity contribution in [1.82, 2.24) is 9.88 Å². The monoisotopic (exact) mass is 342 g/mol. The molecule has 2 rings (SSSR count). The summed E-state index contributed by atoms with van der Waals surface area (Å²) in [6.07, 6.45) is 0.746. The normalized spacial score (nSPS) is 10.5. The summed E-state index contributed by atoms with van der Waals surface area (Å²) in [6, 6.07) is 10.5. The molecule has 128 valence electrons. The third-order valence-electron chi connectivity index (χ3n) is 4.08. The molecule has 0 radical (unpaired) electrons. The molecule has 1 heterocycles. The van der Waals surface area contributed by atoms with Gasteiger partial charge in [0.25, 0.3) is 0 Å². The molecule has 3 nitrogen and oxygen atoms in total. The van der Waals surface area contributed by atoms with Gasteiger partial charge in [0.1, 0.15) is 6.61 Å². The number of benzene rings is 1. The fourth-order valence-corrected chi connectivity index (χ4v) is 2.90. The Hall–Kier alpha value is -1.94. The zero-order valence-electron chi connectivity index (χ0n) is 15.2. The van der Waals surface area contributed by atoms with Crippen LogP contribution < -0.4 is 4.74 Å². The first-order chi connectivity index (χ1) is 11.4. The van der Waals surface area contributed by atoms with Crippen molar-refractivity contribution >= 4 is 17.2 Å². The van der Waals surface area contributed by atoms with Crippen molar-refractivity contribution in [3.8, 4) is 5.88 Å². The molecular formula is C20H26N2OS. The number of likely N-dealkylation sites (N-methyl/N-ethyl adjacent to an activating group) is 1. The third-order valence-corrected chi connectivity index (χ3v) is 4.54. The Morgan fingerprint density at radius 1 is 1.12 bits per heavy atom. The Kier molecular flexibility index (Phi) is 6.32. The minimum atomic E-state index is 0.533. The second kappa shape index (κ2) is 8.25. The lowest BCUT2D eigenvalue weighted by Crippen LogP contribution is -2.26. The van der Waals surface area contributed by atoms with E-state index in [0.717, 1.165) is 29.2 Å². The van der Waals surface area contributed by atoms with E-state index in [2.05, 4.69) is 54.9 Å². The number of ether oxygens (including phenoxy) is 1. The quantitative estimate of drug-likeness (QED) is 0.726. The van der Waals surface area contributed by atoms with Gasteiger partial charge in [-0.25, -0.2) is 4.98 Å². The molecule has 0 amide bonds. The van der Waals surface area contributed by atoms with Gasteiger partial charge in [-0.15, -0.1) is 0 Å². The van der Waals surface area contributed by atoms with Crippen molar-refractivity contribution in [2.45, 2.75) is 40.7 Å². The highest BCUT2D eigenvalue weighted by Crippen LogP contribution is 2.17. The van der Waals surface area contributed by atoms with Gasteiger partial charge in [0.05, 0.1) is 4.99 Å². The third kappa shape index (κ3) is 5.03. The molecule has 0 saturated carbocycles. The molecule has 1 aromatic carbocycles. The highest BCUT2D eigenvalue weighted by molar-refractivity contribution is 7.80. The Balaban J connectivity index is 2.02. The number of hydrogen-bond donors (Lipinski definition) is 0. The largest absolute Gasteiger partial charge is 0.473 e. The highest BCUT2D eigenvalue weighted by Gasteiger charge is 2.08. The first kappa shape index (κ1) is 18.4. The number of nitrogens with zero attached hydrogens (tertiary/aromatic N) is 2. The van der Waals surface area contributed by atoms with Crippen LogP contribution in [0, 0.1) is 20.8 Å². The Morgan fingerprint density at radius 3 is 2.38 bits per heavy atom. The van der Waals surface area contributed by atoms with Crippen molar-refractivity contribution in [2.24, 2.45) is 0 Å². The maximum absolute atomic E-state index is 5.86. The van der Waals surface area contributed by atoms with Crippen LogP contribution >= 0.6 is 12.2 Å². The van der Waals surface area contributed by atoms with Crippen LogP contribution in [0.3, 0.4) is 0 Å². The molecule has 24 heavy (non-hydrogen) atoms. The topological polar surface area (TPSA) is 25.4 Å². The van der Waals surface area contributed by atoms with Crippen LogP contribution in [0.15, 0.2) is 30.3 Å². The van der Waals surface area contributed by atoms with Gasteiger partial charge in [0, 0.05) is 31.8 Å². The summed E-state index contributed by atoms with van der Waals surface area (Å²) in [5.74, 6) is 0.658. The van der Waals surface area contributed by atoms with Gasteiger partial charge in [-0.2, -0.15) is 0 Å². The van der Waals surface area contributed by atoms with E-state index in [-0.39, 0.29) is 0 Å². The molecule has 0 fully saturated rings. The predicted molar refractivity (Wildman–Crippen MR) is 104 cm³/mol. The lowest BCUT2D eigenvalue weighted by molar-refractivity contribution is 0.293. The minimum absolute atomic E-state index is 0.533. The van der Waals surface area contributed by atoms with Crippen LogP contribution in [-0.4, -0.2) is 28.5 Å². The first-order valence-corrected chi connectivity index (χ1v) is 8.70. The van der Waals surface area contributed by atoms with Crippen LogP contribution in [0.25, 0.3) is 0 Å². The van der Waals surface area contributed by atoms with E-state index in [1.807, 2.05) is 20.0 Å². The molecule has 4 heteroatoms. The molecule has 0 saturated heterocycles. The lowest BCUT2D eigenvalue weighted by atomic mass is 10.1. The summed E-state index contributed by atoms with van der Waals surface area (Å²) in [4.78, 5) is 7.59. The molecule has 1 aromatic heterocycles. The van der Waals surface area contributed by atoms with Gasteiger partial charge in [0.15, 0.2) is 0 Å². The predicted octanol–water partition coefficient (Wildman–Crippen LogP) is 4.41. The number of hydrogen-bond acceptors (Lipinski definition) is 3. The minimum Gasteiger partial charge on any atom is -0.473 e. The van der Waals surface area contributed by atoms with E-state index in [1.54, 1.807) is 0 Å². The van der Waals surface area contributed by atoms with Crippen LogP contribution in [0.4, 0.5) is 0 Å². The van der Waals surface area contributed by atoms with E-state index in [9.17, 15) is 0 Å². The summed E-state index contributed by atoms with van der Waals surface area (Å²) in [7, 11) is 2.02. The summed E-state index contributed by atoms with van der Waals surface area (Å²) < 4.78 is 5.86. The van der Waals surface area contributed by atoms with Gasteiger partial charge < -0.3 is 9.64 Å². The van der Waals surface area contributed by atoms with Crippen molar-refractivity contribution < 1.29 is 4.74 Å². The highest BCUT2D eigenvalue weighted by atomic mass is 32.1. The standard InChI is InChI=1S/C20H26N2OS/c1-6-22(5)20(24)12-18-7-8-19(21-16(18)4)23-13-17-10-14(2)9-15(3)11-17/h7-11H,6,12-13H2,1-5H3. The molecule has 0 N–H and O–H groups in total. The van der Waals surface area contributed by atoms with Crippen molar-refractivity contribution in [3.63, 3.8) is 0 Å². The van der Waals surface area contributed by atoms with Crippen molar-refractivity contribution in [3.05, 3.63) is 58.3 Å². The first-order valence-electron chi connectivity index (χ1n) is 8.29. The van der Waals surface area contributed by atoms with Crippen LogP contribution in [0.5, 0.6) is 5.88 Å². The number of thiocarbonyl (C=S) groups is 1. The smallest absolute Gasteiger partial charge is 0.213 e. The number of pyridine rings is 1. The Bertz CT molecular complexity index is 707.